The molecule has 0 aliphatic heterocycles. The van der Waals surface area contributed by atoms with E-state index in [0.717, 1.165) is 23.6 Å². The van der Waals surface area contributed by atoms with Gasteiger partial charge in [0.15, 0.2) is 0 Å². The standard InChI is InChI=1S/C14H20N2O3/c1-9(2)12-8-14(16-18-12)17-6-5-10(3)13-7-11(4)15-19-13/h7-10H,5-6H2,1-4H3. The average molecular weight is 264 g/mol. The summed E-state index contributed by atoms with van der Waals surface area (Å²) in [6.45, 7) is 8.69. The third kappa shape index (κ3) is 3.59. The van der Waals surface area contributed by atoms with E-state index in [4.69, 9.17) is 13.8 Å². The van der Waals surface area contributed by atoms with Crippen LogP contribution in [0.3, 0.4) is 0 Å². The van der Waals surface area contributed by atoms with Crippen LogP contribution in [0.4, 0.5) is 0 Å². The van der Waals surface area contributed by atoms with Gasteiger partial charge in [-0.2, -0.15) is 0 Å². The largest absolute Gasteiger partial charge is 0.475 e. The lowest BCUT2D eigenvalue weighted by Gasteiger charge is -2.07. The summed E-state index contributed by atoms with van der Waals surface area (Å²) in [6.07, 6.45) is 0.846. The lowest BCUT2D eigenvalue weighted by molar-refractivity contribution is 0.255. The summed E-state index contributed by atoms with van der Waals surface area (Å²) in [7, 11) is 0. The predicted molar refractivity (Wildman–Crippen MR) is 70.4 cm³/mol. The minimum Gasteiger partial charge on any atom is -0.475 e. The summed E-state index contributed by atoms with van der Waals surface area (Å²) in [6, 6.07) is 3.80. The SMILES string of the molecule is Cc1cc(C(C)CCOc2cc(C(C)C)on2)on1. The molecule has 5 heteroatoms. The fraction of sp³-hybridized carbons (Fsp3) is 0.571. The molecule has 0 spiro atoms. The van der Waals surface area contributed by atoms with Gasteiger partial charge in [-0.05, 0) is 18.5 Å². The molecule has 0 amide bonds. The van der Waals surface area contributed by atoms with Crippen molar-refractivity contribution in [2.24, 2.45) is 0 Å². The van der Waals surface area contributed by atoms with E-state index < -0.39 is 0 Å². The Kier molecular flexibility index (Phi) is 4.24. The first kappa shape index (κ1) is 13.6. The molecule has 0 saturated heterocycles. The van der Waals surface area contributed by atoms with Gasteiger partial charge < -0.3 is 13.8 Å². The third-order valence-corrected chi connectivity index (χ3v) is 3.01. The molecule has 0 N–H and O–H groups in total. The van der Waals surface area contributed by atoms with Crippen LogP contribution in [0.2, 0.25) is 0 Å². The van der Waals surface area contributed by atoms with Gasteiger partial charge in [0, 0.05) is 24.0 Å². The molecular weight excluding hydrogens is 244 g/mol. The fourth-order valence-corrected chi connectivity index (χ4v) is 1.71. The van der Waals surface area contributed by atoms with E-state index in [9.17, 15) is 0 Å². The second-order valence-electron chi connectivity index (χ2n) is 5.13. The molecule has 0 aliphatic carbocycles. The van der Waals surface area contributed by atoms with Gasteiger partial charge in [0.25, 0.3) is 5.88 Å². The summed E-state index contributed by atoms with van der Waals surface area (Å²) in [5, 5.41) is 7.76. The Balaban J connectivity index is 1.79. The highest BCUT2D eigenvalue weighted by atomic mass is 16.5. The number of hydrogen-bond acceptors (Lipinski definition) is 5. The zero-order chi connectivity index (χ0) is 13.8. The molecule has 2 aromatic rings. The monoisotopic (exact) mass is 264 g/mol. The van der Waals surface area contributed by atoms with Crippen LogP contribution in [0.5, 0.6) is 5.88 Å². The van der Waals surface area contributed by atoms with E-state index in [-0.39, 0.29) is 5.92 Å². The van der Waals surface area contributed by atoms with Gasteiger partial charge in [-0.1, -0.05) is 25.9 Å². The molecule has 19 heavy (non-hydrogen) atoms. The lowest BCUT2D eigenvalue weighted by Crippen LogP contribution is -2.02. The number of nitrogens with zero attached hydrogens (tertiary/aromatic N) is 2. The highest BCUT2D eigenvalue weighted by Crippen LogP contribution is 2.22. The van der Waals surface area contributed by atoms with Gasteiger partial charge in [0.1, 0.15) is 11.5 Å². The van der Waals surface area contributed by atoms with Crippen LogP contribution in [0.25, 0.3) is 0 Å². The Bertz CT molecular complexity index is 516. The molecular formula is C14H20N2O3. The minimum absolute atomic E-state index is 0.276. The molecule has 2 aromatic heterocycles. The number of aryl methyl sites for hydroxylation is 1. The first-order chi connectivity index (χ1) is 9.06. The topological polar surface area (TPSA) is 61.3 Å². The highest BCUT2D eigenvalue weighted by Gasteiger charge is 2.12. The molecule has 0 radical (unpaired) electrons. The van der Waals surface area contributed by atoms with E-state index >= 15 is 0 Å². The van der Waals surface area contributed by atoms with Crippen LogP contribution < -0.4 is 4.74 Å². The summed E-state index contributed by atoms with van der Waals surface area (Å²) >= 11 is 0. The van der Waals surface area contributed by atoms with Crippen molar-refractivity contribution in [2.75, 3.05) is 6.61 Å². The maximum atomic E-state index is 5.57. The molecule has 104 valence electrons. The smallest absolute Gasteiger partial charge is 0.254 e. The molecule has 0 bridgehead atoms. The van der Waals surface area contributed by atoms with Crippen LogP contribution in [0.1, 0.15) is 56.2 Å². The normalized spacial score (nSPS) is 12.9. The van der Waals surface area contributed by atoms with Crippen molar-refractivity contribution in [3.05, 3.63) is 29.3 Å². The van der Waals surface area contributed by atoms with E-state index in [2.05, 4.69) is 31.1 Å². The van der Waals surface area contributed by atoms with Crippen molar-refractivity contribution in [1.82, 2.24) is 10.3 Å². The van der Waals surface area contributed by atoms with Crippen LogP contribution in [0, 0.1) is 6.92 Å². The minimum atomic E-state index is 0.276. The van der Waals surface area contributed by atoms with Crippen LogP contribution in [-0.2, 0) is 0 Å². The molecule has 5 nitrogen and oxygen atoms in total. The number of hydrogen-bond donors (Lipinski definition) is 0. The van der Waals surface area contributed by atoms with Crippen molar-refractivity contribution < 1.29 is 13.8 Å². The first-order valence-corrected chi connectivity index (χ1v) is 6.59. The Labute approximate surface area is 112 Å². The third-order valence-electron chi connectivity index (χ3n) is 3.01. The maximum absolute atomic E-state index is 5.57. The number of ether oxygens (including phenoxy) is 1. The van der Waals surface area contributed by atoms with E-state index in [1.54, 1.807) is 0 Å². The molecule has 2 heterocycles. The summed E-state index contributed by atoms with van der Waals surface area (Å²) < 4.78 is 16.0. The highest BCUT2D eigenvalue weighted by molar-refractivity contribution is 5.13. The number of rotatable bonds is 6. The number of aromatic nitrogens is 2. The van der Waals surface area contributed by atoms with Crippen molar-refractivity contribution in [3.63, 3.8) is 0 Å². The predicted octanol–water partition coefficient (Wildman–Crippen LogP) is 3.67. The van der Waals surface area contributed by atoms with E-state index in [1.165, 1.54) is 0 Å². The van der Waals surface area contributed by atoms with Gasteiger partial charge in [0.05, 0.1) is 12.3 Å². The Morgan fingerprint density at radius 2 is 1.84 bits per heavy atom. The van der Waals surface area contributed by atoms with Crippen molar-refractivity contribution in [3.8, 4) is 5.88 Å². The van der Waals surface area contributed by atoms with Gasteiger partial charge in [-0.15, -0.1) is 0 Å². The molecule has 1 unspecified atom stereocenters. The molecule has 0 saturated carbocycles. The second kappa shape index (κ2) is 5.91. The van der Waals surface area contributed by atoms with Crippen LogP contribution in [0.15, 0.2) is 21.2 Å². The van der Waals surface area contributed by atoms with E-state index in [0.29, 0.717) is 18.4 Å². The van der Waals surface area contributed by atoms with Crippen LogP contribution in [-0.4, -0.2) is 16.9 Å². The Morgan fingerprint density at radius 1 is 1.11 bits per heavy atom. The maximum Gasteiger partial charge on any atom is 0.254 e. The molecule has 2 rings (SSSR count). The summed E-state index contributed by atoms with van der Waals surface area (Å²) in [5.41, 5.74) is 0.904. The van der Waals surface area contributed by atoms with Crippen molar-refractivity contribution >= 4 is 0 Å². The van der Waals surface area contributed by atoms with Crippen molar-refractivity contribution in [1.29, 1.82) is 0 Å². The Morgan fingerprint density at radius 3 is 2.42 bits per heavy atom. The Hall–Kier alpha value is -1.78. The molecule has 0 aromatic carbocycles. The van der Waals surface area contributed by atoms with E-state index in [1.807, 2.05) is 19.1 Å². The zero-order valence-electron chi connectivity index (χ0n) is 11.8. The molecule has 0 aliphatic rings. The summed E-state index contributed by atoms with van der Waals surface area (Å²) in [4.78, 5) is 0. The first-order valence-electron chi connectivity index (χ1n) is 6.59. The van der Waals surface area contributed by atoms with Crippen LogP contribution >= 0.6 is 0 Å². The van der Waals surface area contributed by atoms with Crippen molar-refractivity contribution in [2.45, 2.75) is 46.0 Å². The molecule has 0 fully saturated rings. The summed E-state index contributed by atoms with van der Waals surface area (Å²) in [5.74, 6) is 2.88. The second-order valence-corrected chi connectivity index (χ2v) is 5.13. The van der Waals surface area contributed by atoms with Gasteiger partial charge in [-0.25, -0.2) is 0 Å². The quantitative estimate of drug-likeness (QED) is 0.796. The van der Waals surface area contributed by atoms with Gasteiger partial charge in [-0.3, -0.25) is 0 Å². The lowest BCUT2D eigenvalue weighted by atomic mass is 10.1. The zero-order valence-corrected chi connectivity index (χ0v) is 11.8. The average Bonchev–Trinajstić information content (AvgIpc) is 2.98. The van der Waals surface area contributed by atoms with Gasteiger partial charge >= 0.3 is 0 Å². The fourth-order valence-electron chi connectivity index (χ4n) is 1.71. The van der Waals surface area contributed by atoms with Gasteiger partial charge in [0.2, 0.25) is 0 Å². The molecule has 1 atom stereocenters.